The van der Waals surface area contributed by atoms with E-state index in [0.29, 0.717) is 40.9 Å². The van der Waals surface area contributed by atoms with Crippen LogP contribution >= 0.6 is 0 Å². The maximum Gasteiger partial charge on any atom is 0.201 e. The quantitative estimate of drug-likeness (QED) is 0.270. The van der Waals surface area contributed by atoms with E-state index in [1.54, 1.807) is 20.3 Å². The molecule has 0 saturated heterocycles. The lowest BCUT2D eigenvalue weighted by Crippen LogP contribution is -2.33. The zero-order chi connectivity index (χ0) is 30.5. The van der Waals surface area contributed by atoms with Gasteiger partial charge in [-0.1, -0.05) is 18.2 Å². The largest absolute Gasteiger partial charge is 0.504 e. The number of nitrogens with zero attached hydrogens (tertiary/aromatic N) is 2. The van der Waals surface area contributed by atoms with Gasteiger partial charge in [-0.3, -0.25) is 9.80 Å². The number of ether oxygens (including phenoxy) is 4. The van der Waals surface area contributed by atoms with Crippen LogP contribution in [0.4, 0.5) is 0 Å². The molecular weight excluding hydrogens is 556 g/mol. The maximum absolute atomic E-state index is 11.5. The Balaban J connectivity index is 1.44. The van der Waals surface area contributed by atoms with E-state index < -0.39 is 0 Å². The van der Waals surface area contributed by atoms with E-state index in [0.717, 1.165) is 54.6 Å². The standard InChI is InChI=1S/C36H38N2O6/c1-37-12-10-23-18-31(41-3)32-20-26(23)27(37)15-21-6-5-7-25(14-21)43-36-34-24(19-33(42-4)35(36)40)11-13-38(2)28(34)16-22-8-9-29(39)30(17-22)44-32/h5-9,14,17-20,27-28,39-40H,10-13,15-16H2,1-4H3/t27-,28-/m1/s1. The highest BCUT2D eigenvalue weighted by Crippen LogP contribution is 2.50. The number of hydrogen-bond donors (Lipinski definition) is 2. The van der Waals surface area contributed by atoms with Crippen molar-refractivity contribution in [1.29, 1.82) is 0 Å². The van der Waals surface area contributed by atoms with Crippen molar-refractivity contribution >= 4 is 0 Å². The molecule has 0 fully saturated rings. The zero-order valence-electron chi connectivity index (χ0n) is 25.6. The van der Waals surface area contributed by atoms with E-state index >= 15 is 0 Å². The topological polar surface area (TPSA) is 83.9 Å². The van der Waals surface area contributed by atoms with Gasteiger partial charge in [0.25, 0.3) is 0 Å². The summed E-state index contributed by atoms with van der Waals surface area (Å²) >= 11 is 0. The third-order valence-corrected chi connectivity index (χ3v) is 9.43. The lowest BCUT2D eigenvalue weighted by Gasteiger charge is -2.36. The Bertz CT molecular complexity index is 1740. The van der Waals surface area contributed by atoms with Crippen LogP contribution in [0.5, 0.6) is 46.0 Å². The van der Waals surface area contributed by atoms with Crippen LogP contribution in [0, 0.1) is 0 Å². The summed E-state index contributed by atoms with van der Waals surface area (Å²) in [6.07, 6.45) is 3.06. The van der Waals surface area contributed by atoms with Crippen LogP contribution in [0.25, 0.3) is 0 Å². The summed E-state index contributed by atoms with van der Waals surface area (Å²) in [5.74, 6) is 3.10. The van der Waals surface area contributed by atoms with Crippen molar-refractivity contribution in [3.63, 3.8) is 0 Å². The molecule has 4 aromatic rings. The van der Waals surface area contributed by atoms with Crippen LogP contribution in [0.3, 0.4) is 0 Å². The summed E-state index contributed by atoms with van der Waals surface area (Å²) in [6.45, 7) is 1.75. The molecule has 7 rings (SSSR count). The lowest BCUT2D eigenvalue weighted by molar-refractivity contribution is 0.222. The van der Waals surface area contributed by atoms with E-state index in [2.05, 4.69) is 48.2 Å². The Labute approximate surface area is 258 Å². The van der Waals surface area contributed by atoms with Crippen molar-refractivity contribution in [2.24, 2.45) is 0 Å². The monoisotopic (exact) mass is 594 g/mol. The Morgan fingerprint density at radius 2 is 1.43 bits per heavy atom. The fourth-order valence-corrected chi connectivity index (χ4v) is 6.98. The van der Waals surface area contributed by atoms with Gasteiger partial charge >= 0.3 is 0 Å². The predicted molar refractivity (Wildman–Crippen MR) is 168 cm³/mol. The first-order valence-corrected chi connectivity index (χ1v) is 15.1. The Hall–Kier alpha value is -4.40. The first-order chi connectivity index (χ1) is 21.3. The van der Waals surface area contributed by atoms with Crippen molar-refractivity contribution in [1.82, 2.24) is 9.80 Å². The Kier molecular flexibility index (Phi) is 7.26. The molecule has 3 aliphatic rings. The molecule has 0 aliphatic carbocycles. The molecule has 3 heterocycles. The van der Waals surface area contributed by atoms with Crippen LogP contribution in [0.2, 0.25) is 0 Å². The molecule has 0 spiro atoms. The molecule has 0 unspecified atom stereocenters. The molecule has 0 aromatic heterocycles. The van der Waals surface area contributed by atoms with Gasteiger partial charge < -0.3 is 29.2 Å². The summed E-state index contributed by atoms with van der Waals surface area (Å²) in [5.41, 5.74) is 6.51. The van der Waals surface area contributed by atoms with Crippen molar-refractivity contribution in [3.05, 3.63) is 94.0 Å². The van der Waals surface area contributed by atoms with Crippen LogP contribution < -0.4 is 18.9 Å². The third-order valence-electron chi connectivity index (χ3n) is 9.43. The molecule has 44 heavy (non-hydrogen) atoms. The molecule has 8 heteroatoms. The summed E-state index contributed by atoms with van der Waals surface area (Å²) in [4.78, 5) is 4.64. The van der Waals surface area contributed by atoms with E-state index in [9.17, 15) is 10.2 Å². The summed E-state index contributed by atoms with van der Waals surface area (Å²) in [6, 6.07) is 19.7. The highest BCUT2D eigenvalue weighted by molar-refractivity contribution is 5.62. The number of rotatable bonds is 2. The fraction of sp³-hybridized carbons (Fsp3) is 0.333. The molecule has 2 N–H and O–H groups in total. The molecule has 4 aromatic carbocycles. The van der Waals surface area contributed by atoms with E-state index in [-0.39, 0.29) is 23.6 Å². The van der Waals surface area contributed by atoms with Gasteiger partial charge in [-0.15, -0.1) is 0 Å². The van der Waals surface area contributed by atoms with Crippen molar-refractivity contribution in [2.45, 2.75) is 37.8 Å². The second kappa shape index (κ2) is 11.3. The fourth-order valence-electron chi connectivity index (χ4n) is 6.98. The molecule has 3 aliphatic heterocycles. The molecule has 228 valence electrons. The molecule has 0 radical (unpaired) electrons. The van der Waals surface area contributed by atoms with E-state index in [4.69, 9.17) is 18.9 Å². The maximum atomic E-state index is 11.5. The highest BCUT2D eigenvalue weighted by atomic mass is 16.5. The smallest absolute Gasteiger partial charge is 0.201 e. The second-order valence-electron chi connectivity index (χ2n) is 12.1. The number of aromatic hydroxyl groups is 2. The van der Waals surface area contributed by atoms with Crippen LogP contribution in [-0.2, 0) is 25.7 Å². The number of phenolic OH excluding ortho intramolecular Hbond substituents is 2. The Morgan fingerprint density at radius 1 is 0.727 bits per heavy atom. The summed E-state index contributed by atoms with van der Waals surface area (Å²) in [5, 5.41) is 22.4. The van der Waals surface area contributed by atoms with Crippen LogP contribution in [0.15, 0.2) is 60.7 Å². The SMILES string of the molecule is COc1cc2c3cc1Oc1cc(ccc1O)C[C@@H]1c4c(cc(OC)c(O)c4Oc4cccc(c4)C[C@H]3N(C)CC2)CCN1C. The van der Waals surface area contributed by atoms with E-state index in [1.165, 1.54) is 11.1 Å². The minimum Gasteiger partial charge on any atom is -0.504 e. The van der Waals surface area contributed by atoms with Gasteiger partial charge in [0.2, 0.25) is 5.75 Å². The normalized spacial score (nSPS) is 19.6. The molecule has 8 nitrogen and oxygen atoms in total. The zero-order valence-corrected chi connectivity index (χ0v) is 25.6. The highest BCUT2D eigenvalue weighted by Gasteiger charge is 2.33. The van der Waals surface area contributed by atoms with Gasteiger partial charge in [0.15, 0.2) is 34.5 Å². The van der Waals surface area contributed by atoms with E-state index in [1.807, 2.05) is 30.3 Å². The number of fused-ring (bicyclic) bond motifs is 5. The van der Waals surface area contributed by atoms with Crippen molar-refractivity contribution in [3.8, 4) is 46.0 Å². The molecule has 6 bridgehead atoms. The first kappa shape index (κ1) is 28.4. The van der Waals surface area contributed by atoms with Gasteiger partial charge in [-0.25, -0.2) is 0 Å². The van der Waals surface area contributed by atoms with Crippen LogP contribution in [-0.4, -0.2) is 61.4 Å². The van der Waals surface area contributed by atoms with Crippen molar-refractivity contribution in [2.75, 3.05) is 41.4 Å². The van der Waals surface area contributed by atoms with Gasteiger partial charge in [0.05, 0.1) is 14.2 Å². The summed E-state index contributed by atoms with van der Waals surface area (Å²) < 4.78 is 24.5. The van der Waals surface area contributed by atoms with Crippen LogP contribution in [0.1, 0.15) is 45.5 Å². The predicted octanol–water partition coefficient (Wildman–Crippen LogP) is 6.56. The summed E-state index contributed by atoms with van der Waals surface area (Å²) in [7, 11) is 7.45. The van der Waals surface area contributed by atoms with Gasteiger partial charge in [-0.05, 0) is 110 Å². The molecule has 2 atom stereocenters. The molecule has 0 saturated carbocycles. The molecule has 0 amide bonds. The second-order valence-corrected chi connectivity index (χ2v) is 12.1. The third kappa shape index (κ3) is 4.98. The lowest BCUT2D eigenvalue weighted by atomic mass is 9.87. The number of methoxy groups -OCH3 is 2. The van der Waals surface area contributed by atoms with Crippen molar-refractivity contribution < 1.29 is 29.2 Å². The Morgan fingerprint density at radius 3 is 2.23 bits per heavy atom. The minimum atomic E-state index is -0.102. The number of hydrogen-bond acceptors (Lipinski definition) is 8. The average Bonchev–Trinajstić information content (AvgIpc) is 3.02. The average molecular weight is 595 g/mol. The van der Waals surface area contributed by atoms with Gasteiger partial charge in [-0.2, -0.15) is 0 Å². The number of benzene rings is 4. The first-order valence-electron chi connectivity index (χ1n) is 15.1. The van der Waals surface area contributed by atoms with Gasteiger partial charge in [0, 0.05) is 30.7 Å². The number of likely N-dealkylation sites (N-methyl/N-ethyl adjacent to an activating group) is 2. The number of phenols is 2. The van der Waals surface area contributed by atoms with Gasteiger partial charge in [0.1, 0.15) is 5.75 Å². The molecular formula is C36H38N2O6. The minimum absolute atomic E-state index is 0.00984.